The Balaban J connectivity index is 1.78. The third-order valence-electron chi connectivity index (χ3n) is 5.78. The number of aromatic nitrogens is 1. The molecular weight excluding hydrogens is 586 g/mol. The van der Waals surface area contributed by atoms with E-state index in [1.165, 1.54) is 12.5 Å². The first kappa shape index (κ1) is 29.0. The van der Waals surface area contributed by atoms with E-state index in [1.807, 2.05) is 0 Å². The summed E-state index contributed by atoms with van der Waals surface area (Å²) < 4.78 is 5.16. The summed E-state index contributed by atoms with van der Waals surface area (Å²) in [6.45, 7) is 0.547. The van der Waals surface area contributed by atoms with E-state index in [-0.39, 0.29) is 22.8 Å². The van der Waals surface area contributed by atoms with Crippen LogP contribution in [-0.4, -0.2) is 70.0 Å². The van der Waals surface area contributed by atoms with Crippen molar-refractivity contribution in [1.82, 2.24) is 15.2 Å². The van der Waals surface area contributed by atoms with Gasteiger partial charge in [0, 0.05) is 17.9 Å². The number of benzene rings is 1. The summed E-state index contributed by atoms with van der Waals surface area (Å²) in [4.78, 5) is 70.7. The lowest BCUT2D eigenvalue weighted by Crippen LogP contribution is -2.61. The molecule has 3 atom stereocenters. The Morgan fingerprint density at radius 3 is 2.67 bits per heavy atom. The number of carboxylic acids is 1. The van der Waals surface area contributed by atoms with Crippen LogP contribution in [0.5, 0.6) is 0 Å². The summed E-state index contributed by atoms with van der Waals surface area (Å²) in [6, 6.07) is 8.66. The molecule has 1 aromatic carbocycles. The van der Waals surface area contributed by atoms with Crippen LogP contribution in [-0.2, 0) is 38.4 Å². The number of hydrogen-bond donors (Lipinski definition) is 3. The number of ether oxygens (including phenoxy) is 1. The van der Waals surface area contributed by atoms with Crippen molar-refractivity contribution in [2.75, 3.05) is 19.0 Å². The molecule has 40 heavy (non-hydrogen) atoms. The highest BCUT2D eigenvalue weighted by Gasteiger charge is 2.57. The van der Waals surface area contributed by atoms with Gasteiger partial charge in [-0.15, -0.1) is 22.9 Å². The molecule has 2 unspecified atom stereocenters. The number of hydrogen-bond acceptors (Lipinski definition) is 11. The summed E-state index contributed by atoms with van der Waals surface area (Å²) in [5.74, 6) is -3.99. The van der Waals surface area contributed by atoms with Crippen molar-refractivity contribution in [3.63, 3.8) is 0 Å². The van der Waals surface area contributed by atoms with E-state index in [2.05, 4.69) is 25.6 Å². The van der Waals surface area contributed by atoms with E-state index in [4.69, 9.17) is 16.3 Å². The molecule has 3 N–H and O–H groups in total. The van der Waals surface area contributed by atoms with Crippen LogP contribution in [0.4, 0.5) is 5.13 Å². The molecule has 1 aromatic heterocycles. The number of thiazole rings is 1. The van der Waals surface area contributed by atoms with Crippen LogP contribution in [0.3, 0.4) is 0 Å². The second-order valence-corrected chi connectivity index (χ2v) is 11.0. The summed E-state index contributed by atoms with van der Waals surface area (Å²) in [5.41, 5.74) is 0.109. The van der Waals surface area contributed by atoms with Gasteiger partial charge in [0.1, 0.15) is 31.0 Å². The number of alkyl halides is 1. The van der Waals surface area contributed by atoms with Crippen LogP contribution < -0.4 is 10.6 Å². The highest BCUT2D eigenvalue weighted by atomic mass is 35.5. The summed E-state index contributed by atoms with van der Waals surface area (Å²) in [6.07, 6.45) is 0.822. The zero-order valence-corrected chi connectivity index (χ0v) is 23.3. The van der Waals surface area contributed by atoms with Crippen LogP contribution in [0, 0.1) is 0 Å². The van der Waals surface area contributed by atoms with Gasteiger partial charge in [-0.25, -0.2) is 9.78 Å². The van der Waals surface area contributed by atoms with Crippen molar-refractivity contribution in [3.05, 3.63) is 58.2 Å². The molecule has 0 saturated carbocycles. The summed E-state index contributed by atoms with van der Waals surface area (Å²) >= 11 is 8.36. The number of carbonyl (C=O) groups is 5. The van der Waals surface area contributed by atoms with E-state index in [0.717, 1.165) is 41.1 Å². The number of β-lactam (4-membered cyclic amide) rings is 1. The largest absolute Gasteiger partial charge is 0.477 e. The first-order valence-corrected chi connectivity index (χ1v) is 13.7. The van der Waals surface area contributed by atoms with Crippen molar-refractivity contribution in [1.29, 1.82) is 0 Å². The number of carbonyl (C=O) groups excluding carboxylic acids is 4. The smallest absolute Gasteiger partial charge is 0.352 e. The van der Waals surface area contributed by atoms with Gasteiger partial charge in [0.2, 0.25) is 11.8 Å². The van der Waals surface area contributed by atoms with E-state index in [0.29, 0.717) is 5.56 Å². The monoisotopic (exact) mass is 607 g/mol. The van der Waals surface area contributed by atoms with Crippen molar-refractivity contribution in [2.24, 2.45) is 5.16 Å². The number of oxime groups is 1. The maximum Gasteiger partial charge on any atom is 0.352 e. The number of aliphatic carboxylic acids is 1. The molecule has 1 saturated heterocycles. The number of thioether (sulfide) groups is 1. The SMILES string of the molecule is CON=CC(=O)NC1(c2csc(NC(=O)C(Cl)c3ccccc3)n2)S[C@@H]2CC(=O)N2C(C(=O)O)=C1COC(C)=O. The average molecular weight is 608 g/mol. The average Bonchev–Trinajstić information content (AvgIpc) is 3.39. The molecule has 1 fully saturated rings. The normalized spacial score (nSPS) is 20.8. The molecule has 0 bridgehead atoms. The molecular formula is C24H22ClN5O8S2. The number of nitrogens with one attached hydrogen (secondary N) is 2. The predicted molar refractivity (Wildman–Crippen MR) is 145 cm³/mol. The van der Waals surface area contributed by atoms with Crippen LogP contribution >= 0.6 is 34.7 Å². The molecule has 13 nitrogen and oxygen atoms in total. The second kappa shape index (κ2) is 12.1. The Bertz CT molecular complexity index is 1410. The Morgan fingerprint density at radius 1 is 1.32 bits per heavy atom. The zero-order valence-electron chi connectivity index (χ0n) is 21.0. The van der Waals surface area contributed by atoms with Crippen LogP contribution in [0.1, 0.15) is 30.0 Å². The number of esters is 1. The number of fused-ring (bicyclic) bond motifs is 1. The van der Waals surface area contributed by atoms with Gasteiger partial charge in [-0.2, -0.15) is 0 Å². The first-order valence-electron chi connectivity index (χ1n) is 11.5. The van der Waals surface area contributed by atoms with E-state index < -0.39 is 57.6 Å². The first-order chi connectivity index (χ1) is 19.1. The fourth-order valence-corrected chi connectivity index (χ4v) is 6.72. The number of anilines is 1. The Kier molecular flexibility index (Phi) is 8.76. The van der Waals surface area contributed by atoms with Gasteiger partial charge in [0.05, 0.1) is 17.5 Å². The number of nitrogens with zero attached hydrogens (tertiary/aromatic N) is 3. The number of carboxylic acid groups (broad SMARTS) is 1. The molecule has 0 spiro atoms. The summed E-state index contributed by atoms with van der Waals surface area (Å²) in [5, 5.41) is 18.8. The summed E-state index contributed by atoms with van der Waals surface area (Å²) in [7, 11) is 1.23. The van der Waals surface area contributed by atoms with Gasteiger partial charge in [-0.3, -0.25) is 24.1 Å². The molecule has 0 aliphatic carbocycles. The van der Waals surface area contributed by atoms with Crippen LogP contribution in [0.25, 0.3) is 0 Å². The van der Waals surface area contributed by atoms with Crippen molar-refractivity contribution in [2.45, 2.75) is 29.0 Å². The van der Waals surface area contributed by atoms with E-state index in [9.17, 15) is 29.1 Å². The van der Waals surface area contributed by atoms with Gasteiger partial charge in [-0.05, 0) is 5.56 Å². The van der Waals surface area contributed by atoms with Crippen molar-refractivity contribution in [3.8, 4) is 0 Å². The molecule has 2 aliphatic heterocycles. The van der Waals surface area contributed by atoms with Gasteiger partial charge in [-0.1, -0.05) is 47.2 Å². The zero-order chi connectivity index (χ0) is 29.0. The van der Waals surface area contributed by atoms with Crippen molar-refractivity contribution >= 4 is 75.7 Å². The lowest BCUT2D eigenvalue weighted by Gasteiger charge is -2.51. The molecule has 2 aliphatic rings. The minimum atomic E-state index is -1.73. The van der Waals surface area contributed by atoms with Crippen molar-refractivity contribution < 1.29 is 38.7 Å². The minimum absolute atomic E-state index is 0.00912. The number of halogens is 1. The Morgan fingerprint density at radius 2 is 2.05 bits per heavy atom. The van der Waals surface area contributed by atoms with Gasteiger partial charge < -0.3 is 25.3 Å². The minimum Gasteiger partial charge on any atom is -0.477 e. The Hall–Kier alpha value is -3.95. The highest BCUT2D eigenvalue weighted by Crippen LogP contribution is 2.54. The molecule has 16 heteroatoms. The second-order valence-electron chi connectivity index (χ2n) is 8.34. The standard InChI is InChI=1S/C24H22ClN5O8S2/c1-12(31)38-10-14-20(22(35)36)30-17(33)8-18(30)40-24(14,29-16(32)9-26-37-2)15-11-39-23(27-15)28-21(34)19(25)13-6-4-3-5-7-13/h3-7,9,11,18-19H,8,10H2,1-2H3,(H,29,32)(H,35,36)(H,27,28,34)/t18-,19?,24?/m1/s1. The third kappa shape index (κ3) is 5.80. The molecule has 2 aromatic rings. The molecule has 210 valence electrons. The quantitative estimate of drug-likeness (QED) is 0.119. The van der Waals surface area contributed by atoms with Crippen LogP contribution in [0.15, 0.2) is 52.1 Å². The lowest BCUT2D eigenvalue weighted by molar-refractivity contribution is -0.146. The van der Waals surface area contributed by atoms with E-state index in [1.54, 1.807) is 30.3 Å². The maximum absolute atomic E-state index is 12.9. The number of rotatable bonds is 10. The maximum atomic E-state index is 12.9. The van der Waals surface area contributed by atoms with Gasteiger partial charge in [0.25, 0.3) is 5.91 Å². The van der Waals surface area contributed by atoms with Gasteiger partial charge in [0.15, 0.2) is 10.0 Å². The topological polar surface area (TPSA) is 177 Å². The van der Waals surface area contributed by atoms with Gasteiger partial charge >= 0.3 is 11.9 Å². The van der Waals surface area contributed by atoms with E-state index >= 15 is 0 Å². The molecule has 0 radical (unpaired) electrons. The van der Waals surface area contributed by atoms with Crippen LogP contribution in [0.2, 0.25) is 0 Å². The number of amides is 3. The lowest BCUT2D eigenvalue weighted by atomic mass is 9.97. The predicted octanol–water partition coefficient (Wildman–Crippen LogP) is 2.17. The highest BCUT2D eigenvalue weighted by molar-refractivity contribution is 8.01. The molecule has 3 amide bonds. The Labute approximate surface area is 240 Å². The molecule has 4 rings (SSSR count). The third-order valence-corrected chi connectivity index (χ3v) is 8.55. The fraction of sp³-hybridized carbons (Fsp3) is 0.292. The fourth-order valence-electron chi connectivity index (χ4n) is 4.04. The molecule has 3 heterocycles.